The molecule has 0 saturated heterocycles. The van der Waals surface area contributed by atoms with Crippen molar-refractivity contribution in [3.63, 3.8) is 0 Å². The Morgan fingerprint density at radius 1 is 1.22 bits per heavy atom. The summed E-state index contributed by atoms with van der Waals surface area (Å²) in [5, 5.41) is 3.38. The summed E-state index contributed by atoms with van der Waals surface area (Å²) < 4.78 is 41.3. The molecule has 0 bridgehead atoms. The third-order valence-electron chi connectivity index (χ3n) is 3.47. The lowest BCUT2D eigenvalue weighted by Gasteiger charge is -2.18. The Labute approximate surface area is 136 Å². The summed E-state index contributed by atoms with van der Waals surface area (Å²) in [7, 11) is 4.12. The molecule has 0 spiro atoms. The Balaban J connectivity index is 2.44. The van der Waals surface area contributed by atoms with Crippen molar-refractivity contribution < 1.29 is 17.9 Å². The van der Waals surface area contributed by atoms with Crippen molar-refractivity contribution in [2.75, 3.05) is 32.6 Å². The lowest BCUT2D eigenvalue weighted by molar-refractivity contribution is -0.153. The topological polar surface area (TPSA) is 24.5 Å². The van der Waals surface area contributed by atoms with Gasteiger partial charge in [0.25, 0.3) is 0 Å². The van der Waals surface area contributed by atoms with Gasteiger partial charge in [-0.05, 0) is 71.1 Å². The van der Waals surface area contributed by atoms with Crippen LogP contribution < -0.4 is 10.1 Å². The third-order valence-corrected chi connectivity index (χ3v) is 3.47. The van der Waals surface area contributed by atoms with Gasteiger partial charge in [0.1, 0.15) is 5.75 Å². The number of nitrogens with one attached hydrogen (secondary N) is 1. The van der Waals surface area contributed by atoms with Crippen LogP contribution in [0.2, 0.25) is 0 Å². The van der Waals surface area contributed by atoms with Crippen molar-refractivity contribution in [2.24, 2.45) is 0 Å². The summed E-state index contributed by atoms with van der Waals surface area (Å²) in [5.41, 5.74) is 1.60. The number of aryl methyl sites for hydroxylation is 1. The minimum atomic E-state index is -4.32. The van der Waals surface area contributed by atoms with Crippen LogP contribution in [-0.2, 0) is 0 Å². The van der Waals surface area contributed by atoms with Gasteiger partial charge in [-0.1, -0.05) is 6.42 Å². The SMILES string of the molecule is Cc1cc(N[C@@H](C)CCCCN(C)C)ccc1OCC(F)(F)F. The van der Waals surface area contributed by atoms with Crippen molar-refractivity contribution >= 4 is 5.69 Å². The first kappa shape index (κ1) is 19.6. The molecule has 1 atom stereocenters. The van der Waals surface area contributed by atoms with E-state index in [4.69, 9.17) is 4.74 Å². The third kappa shape index (κ3) is 8.69. The van der Waals surface area contributed by atoms with Crippen molar-refractivity contribution in [3.05, 3.63) is 23.8 Å². The lowest BCUT2D eigenvalue weighted by Crippen LogP contribution is -2.19. The molecule has 3 nitrogen and oxygen atoms in total. The fraction of sp³-hybridized carbons (Fsp3) is 0.647. The van der Waals surface area contributed by atoms with Gasteiger partial charge >= 0.3 is 6.18 Å². The van der Waals surface area contributed by atoms with Crippen molar-refractivity contribution in [1.29, 1.82) is 0 Å². The van der Waals surface area contributed by atoms with Gasteiger partial charge in [0.2, 0.25) is 0 Å². The van der Waals surface area contributed by atoms with E-state index in [1.165, 1.54) is 0 Å². The number of alkyl halides is 3. The molecule has 1 aromatic carbocycles. The second-order valence-electron chi connectivity index (χ2n) is 6.23. The summed E-state index contributed by atoms with van der Waals surface area (Å²) in [6, 6.07) is 5.48. The van der Waals surface area contributed by atoms with Crippen LogP contribution in [0.5, 0.6) is 5.75 Å². The van der Waals surface area contributed by atoms with Gasteiger partial charge in [-0.2, -0.15) is 13.2 Å². The quantitative estimate of drug-likeness (QED) is 0.675. The Hall–Kier alpha value is -1.43. The van der Waals surface area contributed by atoms with E-state index >= 15 is 0 Å². The van der Waals surface area contributed by atoms with E-state index in [-0.39, 0.29) is 5.75 Å². The number of ether oxygens (including phenoxy) is 1. The molecule has 0 saturated carbocycles. The first-order valence-electron chi connectivity index (χ1n) is 7.89. The molecule has 0 radical (unpaired) electrons. The molecule has 0 aliphatic heterocycles. The van der Waals surface area contributed by atoms with Crippen molar-refractivity contribution in [1.82, 2.24) is 4.90 Å². The monoisotopic (exact) mass is 332 g/mol. The Morgan fingerprint density at radius 2 is 1.91 bits per heavy atom. The molecule has 0 heterocycles. The van der Waals surface area contributed by atoms with E-state index in [2.05, 4.69) is 31.2 Å². The Bertz CT molecular complexity index is 475. The number of benzene rings is 1. The molecule has 132 valence electrons. The minimum absolute atomic E-state index is 0.270. The zero-order valence-electron chi connectivity index (χ0n) is 14.3. The van der Waals surface area contributed by atoms with Crippen molar-refractivity contribution in [2.45, 2.75) is 45.3 Å². The largest absolute Gasteiger partial charge is 0.484 e. The van der Waals surface area contributed by atoms with Crippen LogP contribution in [0.25, 0.3) is 0 Å². The van der Waals surface area contributed by atoms with Crippen LogP contribution in [-0.4, -0.2) is 44.4 Å². The van der Waals surface area contributed by atoms with Crippen LogP contribution in [0, 0.1) is 6.92 Å². The van der Waals surface area contributed by atoms with E-state index < -0.39 is 12.8 Å². The maximum atomic E-state index is 12.2. The molecule has 0 amide bonds. The molecule has 0 unspecified atom stereocenters. The molecule has 1 N–H and O–H groups in total. The number of nitrogens with zero attached hydrogens (tertiary/aromatic N) is 1. The highest BCUT2D eigenvalue weighted by Crippen LogP contribution is 2.25. The standard InChI is InChI=1S/C17H27F3N2O/c1-13-11-15(8-9-16(13)23-12-17(18,19)20)21-14(2)7-5-6-10-22(3)4/h8-9,11,14,21H,5-7,10,12H2,1-4H3/t14-/m0/s1. The van der Waals surface area contributed by atoms with Gasteiger partial charge in [-0.15, -0.1) is 0 Å². The number of halogens is 3. The molecule has 1 rings (SSSR count). The summed E-state index contributed by atoms with van der Waals surface area (Å²) in [6.07, 6.45) is -0.968. The molecule has 1 aromatic rings. The maximum Gasteiger partial charge on any atom is 0.422 e. The average Bonchev–Trinajstić information content (AvgIpc) is 2.41. The summed E-state index contributed by atoms with van der Waals surface area (Å²) in [5.74, 6) is 0.270. The molecule has 23 heavy (non-hydrogen) atoms. The summed E-state index contributed by atoms with van der Waals surface area (Å²) >= 11 is 0. The number of unbranched alkanes of at least 4 members (excludes halogenated alkanes) is 1. The lowest BCUT2D eigenvalue weighted by atomic mass is 10.1. The van der Waals surface area contributed by atoms with Crippen molar-refractivity contribution in [3.8, 4) is 5.75 Å². The number of hydrogen-bond donors (Lipinski definition) is 1. The highest BCUT2D eigenvalue weighted by atomic mass is 19.4. The molecule has 0 fully saturated rings. The fourth-order valence-corrected chi connectivity index (χ4v) is 2.30. The van der Waals surface area contributed by atoms with Gasteiger partial charge in [0.05, 0.1) is 0 Å². The molecule has 0 aromatic heterocycles. The van der Waals surface area contributed by atoms with Gasteiger partial charge < -0.3 is 15.0 Å². The first-order valence-corrected chi connectivity index (χ1v) is 7.89. The highest BCUT2D eigenvalue weighted by molar-refractivity contribution is 5.51. The van der Waals surface area contributed by atoms with E-state index in [0.717, 1.165) is 31.5 Å². The van der Waals surface area contributed by atoms with Crippen LogP contribution in [0.1, 0.15) is 31.7 Å². The highest BCUT2D eigenvalue weighted by Gasteiger charge is 2.28. The van der Waals surface area contributed by atoms with E-state index in [1.54, 1.807) is 19.1 Å². The minimum Gasteiger partial charge on any atom is -0.484 e. The van der Waals surface area contributed by atoms with Crippen LogP contribution in [0.4, 0.5) is 18.9 Å². The second-order valence-corrected chi connectivity index (χ2v) is 6.23. The first-order chi connectivity index (χ1) is 10.7. The van der Waals surface area contributed by atoms with Crippen LogP contribution >= 0.6 is 0 Å². The van der Waals surface area contributed by atoms with Crippen LogP contribution in [0.15, 0.2) is 18.2 Å². The molecule has 0 aliphatic rings. The van der Waals surface area contributed by atoms with E-state index in [9.17, 15) is 13.2 Å². The smallest absolute Gasteiger partial charge is 0.422 e. The average molecular weight is 332 g/mol. The summed E-state index contributed by atoms with van der Waals surface area (Å²) in [6.45, 7) is 3.68. The zero-order valence-corrected chi connectivity index (χ0v) is 14.3. The number of hydrogen-bond acceptors (Lipinski definition) is 3. The van der Waals surface area contributed by atoms with Gasteiger partial charge in [-0.25, -0.2) is 0 Å². The van der Waals surface area contributed by atoms with Gasteiger partial charge in [-0.3, -0.25) is 0 Å². The molecular formula is C17H27F3N2O. The number of rotatable bonds is 9. The molecule has 6 heteroatoms. The fourth-order valence-electron chi connectivity index (χ4n) is 2.30. The predicted octanol–water partition coefficient (Wildman–Crippen LogP) is 4.47. The summed E-state index contributed by atoms with van der Waals surface area (Å²) in [4.78, 5) is 2.17. The Morgan fingerprint density at radius 3 is 2.48 bits per heavy atom. The van der Waals surface area contributed by atoms with Gasteiger partial charge in [0.15, 0.2) is 6.61 Å². The zero-order chi connectivity index (χ0) is 17.5. The van der Waals surface area contributed by atoms with Crippen LogP contribution in [0.3, 0.4) is 0 Å². The number of anilines is 1. The predicted molar refractivity (Wildman–Crippen MR) is 88.2 cm³/mol. The molecule has 0 aliphatic carbocycles. The molecular weight excluding hydrogens is 305 g/mol. The maximum absolute atomic E-state index is 12.2. The van der Waals surface area contributed by atoms with E-state index in [1.807, 2.05) is 6.07 Å². The normalized spacial score (nSPS) is 13.2. The van der Waals surface area contributed by atoms with Gasteiger partial charge in [0, 0.05) is 11.7 Å². The Kier molecular flexibility index (Phi) is 7.68. The van der Waals surface area contributed by atoms with E-state index in [0.29, 0.717) is 11.6 Å². The second kappa shape index (κ2) is 9.01.